The van der Waals surface area contributed by atoms with Crippen molar-refractivity contribution in [3.05, 3.63) is 91.1 Å². The topological polar surface area (TPSA) is 17.3 Å². The largest absolute Gasteiger partial charge is 0.358 e. The van der Waals surface area contributed by atoms with Crippen molar-refractivity contribution >= 4 is 27.3 Å². The molecular formula is C31H34IrN2Y-2. The average molecular weight is 716 g/mol. The van der Waals surface area contributed by atoms with E-state index in [-0.39, 0.29) is 60.2 Å². The molecule has 0 unspecified atom stereocenters. The minimum atomic E-state index is 0. The van der Waals surface area contributed by atoms with Crippen molar-refractivity contribution in [3.63, 3.8) is 0 Å². The summed E-state index contributed by atoms with van der Waals surface area (Å²) in [5, 5.41) is 3.53. The van der Waals surface area contributed by atoms with Crippen LogP contribution in [0.3, 0.4) is 0 Å². The third-order valence-electron chi connectivity index (χ3n) is 6.69. The maximum Gasteiger partial charge on any atom is 0.0608 e. The van der Waals surface area contributed by atoms with E-state index in [2.05, 4.69) is 99.5 Å². The van der Waals surface area contributed by atoms with E-state index in [0.717, 1.165) is 11.0 Å². The molecule has 0 spiro atoms. The molecule has 0 atom stereocenters. The molecule has 0 saturated carbocycles. The van der Waals surface area contributed by atoms with Gasteiger partial charge in [-0.2, -0.15) is 0 Å². The van der Waals surface area contributed by atoms with E-state index in [9.17, 15) is 0 Å². The number of pyridine rings is 1. The number of rotatable bonds is 4. The van der Waals surface area contributed by atoms with Gasteiger partial charge in [-0.1, -0.05) is 71.2 Å². The van der Waals surface area contributed by atoms with Crippen LogP contribution in [0.4, 0.5) is 0 Å². The van der Waals surface area contributed by atoms with Gasteiger partial charge in [-0.25, -0.2) is 0 Å². The zero-order chi connectivity index (χ0) is 22.6. The van der Waals surface area contributed by atoms with E-state index in [0.29, 0.717) is 17.8 Å². The predicted octanol–water partition coefficient (Wildman–Crippen LogP) is 8.92. The van der Waals surface area contributed by atoms with Gasteiger partial charge >= 0.3 is 0 Å². The van der Waals surface area contributed by atoms with Gasteiger partial charge in [0.05, 0.1) is 5.65 Å². The number of hydrogen-bond donors (Lipinski definition) is 0. The fraction of sp³-hybridized carbons (Fsp3) is 0.290. The summed E-state index contributed by atoms with van der Waals surface area (Å²) in [5.41, 5.74) is 9.17. The Labute approximate surface area is 249 Å². The summed E-state index contributed by atoms with van der Waals surface area (Å²) in [6.45, 7) is 13.8. The molecule has 2 radical (unpaired) electrons. The van der Waals surface area contributed by atoms with E-state index in [1.807, 2.05) is 18.5 Å². The summed E-state index contributed by atoms with van der Waals surface area (Å²) in [5.74, 6) is 1.43. The second-order valence-corrected chi connectivity index (χ2v) is 9.85. The third-order valence-corrected chi connectivity index (χ3v) is 6.69. The van der Waals surface area contributed by atoms with Gasteiger partial charge in [-0.15, -0.1) is 29.7 Å². The Morgan fingerprint density at radius 1 is 0.829 bits per heavy atom. The van der Waals surface area contributed by atoms with Crippen LogP contribution in [-0.2, 0) is 52.8 Å². The van der Waals surface area contributed by atoms with Crippen molar-refractivity contribution in [2.75, 3.05) is 0 Å². The molecule has 5 aromatic rings. The molecule has 0 bridgehead atoms. The van der Waals surface area contributed by atoms with Gasteiger partial charge in [0.1, 0.15) is 0 Å². The van der Waals surface area contributed by atoms with Gasteiger partial charge in [0.25, 0.3) is 0 Å². The van der Waals surface area contributed by atoms with Gasteiger partial charge < -0.3 is 11.8 Å². The molecule has 0 saturated heterocycles. The minimum Gasteiger partial charge on any atom is -0.358 e. The summed E-state index contributed by atoms with van der Waals surface area (Å²) < 4.78 is 2.19. The number of nitrogens with zero attached hydrogens (tertiary/aromatic N) is 2. The van der Waals surface area contributed by atoms with Crippen LogP contribution in [0, 0.1) is 13.5 Å². The number of imidazole rings is 1. The van der Waals surface area contributed by atoms with Crippen molar-refractivity contribution in [3.8, 4) is 11.1 Å². The Kier molecular flexibility index (Phi) is 10.0. The Morgan fingerprint density at radius 3 is 2.09 bits per heavy atom. The summed E-state index contributed by atoms with van der Waals surface area (Å²) in [6.07, 6.45) is 3.93. The maximum absolute atomic E-state index is 4.61. The molecule has 5 rings (SSSR count). The number of aromatic nitrogens is 2. The molecule has 182 valence electrons. The first-order chi connectivity index (χ1) is 15.4. The average Bonchev–Trinajstić information content (AvgIpc) is 3.28. The molecule has 0 fully saturated rings. The Hall–Kier alpha value is -1.38. The first kappa shape index (κ1) is 29.9. The second-order valence-electron chi connectivity index (χ2n) is 9.85. The molecule has 0 aliphatic rings. The molecule has 4 heteroatoms. The fourth-order valence-corrected chi connectivity index (χ4v) is 4.94. The van der Waals surface area contributed by atoms with Gasteiger partial charge in [0.15, 0.2) is 0 Å². The normalized spacial score (nSPS) is 11.2. The Bertz CT molecular complexity index is 1430. The molecule has 0 amide bonds. The quantitative estimate of drug-likeness (QED) is 0.134. The minimum absolute atomic E-state index is 0. The van der Waals surface area contributed by atoms with Gasteiger partial charge in [0, 0.05) is 70.7 Å². The second kappa shape index (κ2) is 11.8. The molecule has 2 aromatic heterocycles. The van der Waals surface area contributed by atoms with Crippen molar-refractivity contribution in [2.45, 2.75) is 59.3 Å². The smallest absolute Gasteiger partial charge is 0.0608 e. The molecule has 0 aliphatic heterocycles. The van der Waals surface area contributed by atoms with E-state index in [4.69, 9.17) is 0 Å². The van der Waals surface area contributed by atoms with E-state index in [1.165, 1.54) is 44.1 Å². The van der Waals surface area contributed by atoms with Crippen molar-refractivity contribution < 1.29 is 52.8 Å². The number of hydrogen-bond acceptors (Lipinski definition) is 1. The van der Waals surface area contributed by atoms with Crippen LogP contribution in [0.5, 0.6) is 0 Å². The predicted molar refractivity (Wildman–Crippen MR) is 143 cm³/mol. The standard InChI is InChI=1S/C30H31N2.CH3.Ir.Y/c1-18(2)22-16-25(19(3)4)29(26(17-22)20(5)6)21-11-12-28-27(15-21)23-9-7-8-10-24(23)30-31-13-14-32(28)30;;;/h7-9,11-20H,1-6H3;1H3;;/q2*-1;;. The van der Waals surface area contributed by atoms with Gasteiger partial charge in [0.2, 0.25) is 0 Å². The summed E-state index contributed by atoms with van der Waals surface area (Å²) in [4.78, 5) is 4.61. The molecule has 3 aromatic carbocycles. The van der Waals surface area contributed by atoms with Crippen molar-refractivity contribution in [1.82, 2.24) is 9.38 Å². The van der Waals surface area contributed by atoms with Crippen LogP contribution in [0.2, 0.25) is 0 Å². The molecule has 0 aliphatic carbocycles. The van der Waals surface area contributed by atoms with Crippen molar-refractivity contribution in [2.24, 2.45) is 0 Å². The molecular weight excluding hydrogens is 681 g/mol. The SMILES string of the molecule is CC(C)c1cc(C(C)C)c(-c2ccc3c(c2)c2ccc[c-]c2c2nccn32)c(C(C)C)c1.[CH3-].[Ir].[Y]. The zero-order valence-corrected chi connectivity index (χ0v) is 27.0. The first-order valence-corrected chi connectivity index (χ1v) is 11.7. The molecule has 35 heavy (non-hydrogen) atoms. The zero-order valence-electron chi connectivity index (χ0n) is 21.8. The maximum atomic E-state index is 4.61. The van der Waals surface area contributed by atoms with Gasteiger partial charge in [-0.05, 0) is 57.0 Å². The van der Waals surface area contributed by atoms with Crippen LogP contribution < -0.4 is 0 Å². The Morgan fingerprint density at radius 2 is 1.49 bits per heavy atom. The first-order valence-electron chi connectivity index (χ1n) is 11.7. The summed E-state index contributed by atoms with van der Waals surface area (Å²) in [6, 6.07) is 21.5. The van der Waals surface area contributed by atoms with Crippen LogP contribution >= 0.6 is 0 Å². The van der Waals surface area contributed by atoms with E-state index >= 15 is 0 Å². The monoisotopic (exact) mass is 716 g/mol. The molecule has 2 nitrogen and oxygen atoms in total. The van der Waals surface area contributed by atoms with E-state index < -0.39 is 0 Å². The van der Waals surface area contributed by atoms with Crippen molar-refractivity contribution in [1.29, 1.82) is 0 Å². The summed E-state index contributed by atoms with van der Waals surface area (Å²) in [7, 11) is 0. The van der Waals surface area contributed by atoms with E-state index in [1.54, 1.807) is 0 Å². The van der Waals surface area contributed by atoms with Crippen LogP contribution in [0.1, 0.15) is 76.0 Å². The van der Waals surface area contributed by atoms with Gasteiger partial charge in [-0.3, -0.25) is 4.98 Å². The number of fused-ring (bicyclic) bond motifs is 6. The molecule has 0 N–H and O–H groups in total. The third kappa shape index (κ3) is 5.21. The van der Waals surface area contributed by atoms with Crippen LogP contribution in [0.25, 0.3) is 38.4 Å². The molecule has 2 heterocycles. The number of benzene rings is 3. The van der Waals surface area contributed by atoms with Crippen LogP contribution in [-0.4, -0.2) is 9.38 Å². The Balaban J connectivity index is 0.00000144. The summed E-state index contributed by atoms with van der Waals surface area (Å²) >= 11 is 0. The fourth-order valence-electron chi connectivity index (χ4n) is 4.94. The van der Waals surface area contributed by atoms with Crippen LogP contribution in [0.15, 0.2) is 60.9 Å².